The van der Waals surface area contributed by atoms with Crippen molar-refractivity contribution in [3.8, 4) is 0 Å². The summed E-state index contributed by atoms with van der Waals surface area (Å²) in [6.07, 6.45) is 4.31. The van der Waals surface area contributed by atoms with Crippen molar-refractivity contribution < 1.29 is 18.0 Å². The maximum Gasteiger partial charge on any atom is 0.264 e. The van der Waals surface area contributed by atoms with Crippen molar-refractivity contribution >= 4 is 61.7 Å². The zero-order chi connectivity index (χ0) is 28.7. The standard InChI is InChI=1S/C30H33ClIN3O4S/c1-2-28(30(37)33-24-11-7-8-12-24)34(20-22-10-6-9-15-27(22)31)29(36)21-35(25-18-16-23(32)17-19-25)40(38,39)26-13-4-3-5-14-26/h3-6,9-10,13-19,24,28H,2,7-8,11-12,20-21H2,1H3,(H,33,37)/t28-/m1/s1. The van der Waals surface area contributed by atoms with Gasteiger partial charge in [0.1, 0.15) is 12.6 Å². The van der Waals surface area contributed by atoms with Crippen molar-refractivity contribution in [3.63, 3.8) is 0 Å². The normalized spacial score (nSPS) is 14.5. The number of halogens is 2. The highest BCUT2D eigenvalue weighted by molar-refractivity contribution is 14.1. The van der Waals surface area contributed by atoms with Crippen LogP contribution in [-0.4, -0.2) is 43.8 Å². The van der Waals surface area contributed by atoms with Gasteiger partial charge in [-0.05, 0) is 89.9 Å². The summed E-state index contributed by atoms with van der Waals surface area (Å²) < 4.78 is 29.7. The molecule has 1 atom stereocenters. The van der Waals surface area contributed by atoms with E-state index in [1.807, 2.05) is 19.1 Å². The summed E-state index contributed by atoms with van der Waals surface area (Å²) in [5.41, 5.74) is 1.04. The minimum atomic E-state index is -4.09. The number of benzene rings is 3. The summed E-state index contributed by atoms with van der Waals surface area (Å²) in [7, 11) is -4.09. The van der Waals surface area contributed by atoms with E-state index in [2.05, 4.69) is 27.9 Å². The lowest BCUT2D eigenvalue weighted by Crippen LogP contribution is -2.53. The molecule has 0 aromatic heterocycles. The first-order valence-corrected chi connectivity index (χ1v) is 16.3. The second-order valence-corrected chi connectivity index (χ2v) is 13.3. The average Bonchev–Trinajstić information content (AvgIpc) is 3.46. The third-order valence-corrected chi connectivity index (χ3v) is 9.99. The van der Waals surface area contributed by atoms with Crippen LogP contribution in [0, 0.1) is 3.57 Å². The van der Waals surface area contributed by atoms with Crippen LogP contribution in [0.25, 0.3) is 0 Å². The van der Waals surface area contributed by atoms with Gasteiger partial charge in [0.25, 0.3) is 10.0 Å². The predicted octanol–water partition coefficient (Wildman–Crippen LogP) is 6.01. The van der Waals surface area contributed by atoms with Crippen LogP contribution in [0.5, 0.6) is 0 Å². The quantitative estimate of drug-likeness (QED) is 0.250. The Balaban J connectivity index is 1.71. The molecule has 1 N–H and O–H groups in total. The van der Waals surface area contributed by atoms with E-state index in [9.17, 15) is 18.0 Å². The van der Waals surface area contributed by atoms with Crippen LogP contribution in [0.1, 0.15) is 44.6 Å². The molecule has 40 heavy (non-hydrogen) atoms. The van der Waals surface area contributed by atoms with E-state index in [0.717, 1.165) is 33.6 Å². The third kappa shape index (κ3) is 7.36. The van der Waals surface area contributed by atoms with Crippen LogP contribution in [0.3, 0.4) is 0 Å². The molecule has 0 spiro atoms. The SMILES string of the molecule is CC[C@H](C(=O)NC1CCCC1)N(Cc1ccccc1Cl)C(=O)CN(c1ccc(I)cc1)S(=O)(=O)c1ccccc1. The fourth-order valence-electron chi connectivity index (χ4n) is 4.95. The van der Waals surface area contributed by atoms with Crippen LogP contribution in [0.4, 0.5) is 5.69 Å². The summed E-state index contributed by atoms with van der Waals surface area (Å²) in [6, 6.07) is 21.4. The maximum atomic E-state index is 14.1. The molecule has 212 valence electrons. The van der Waals surface area contributed by atoms with E-state index in [4.69, 9.17) is 11.6 Å². The Bertz CT molecular complexity index is 1410. The third-order valence-electron chi connectivity index (χ3n) is 7.11. The molecule has 1 aliphatic rings. The molecule has 0 aliphatic heterocycles. The average molecular weight is 694 g/mol. The highest BCUT2D eigenvalue weighted by atomic mass is 127. The van der Waals surface area contributed by atoms with Gasteiger partial charge in [0, 0.05) is 21.2 Å². The molecule has 7 nitrogen and oxygen atoms in total. The highest BCUT2D eigenvalue weighted by Gasteiger charge is 2.34. The number of anilines is 1. The minimum Gasteiger partial charge on any atom is -0.352 e. The molecule has 0 unspecified atom stereocenters. The zero-order valence-electron chi connectivity index (χ0n) is 22.3. The summed E-state index contributed by atoms with van der Waals surface area (Å²) in [4.78, 5) is 29.2. The molecule has 10 heteroatoms. The van der Waals surface area contributed by atoms with Crippen molar-refractivity contribution in [2.75, 3.05) is 10.8 Å². The summed E-state index contributed by atoms with van der Waals surface area (Å²) in [5, 5.41) is 3.58. The highest BCUT2D eigenvalue weighted by Crippen LogP contribution is 2.27. The van der Waals surface area contributed by atoms with Crippen LogP contribution in [0.15, 0.2) is 83.8 Å². The molecule has 0 radical (unpaired) electrons. The topological polar surface area (TPSA) is 86.8 Å². The lowest BCUT2D eigenvalue weighted by Gasteiger charge is -2.34. The number of carbonyl (C=O) groups is 2. The van der Waals surface area contributed by atoms with Crippen molar-refractivity contribution in [1.82, 2.24) is 10.2 Å². The first-order valence-electron chi connectivity index (χ1n) is 13.4. The number of rotatable bonds is 11. The Kier molecular flexibility index (Phi) is 10.5. The molecule has 2 amide bonds. The van der Waals surface area contributed by atoms with Gasteiger partial charge in [-0.2, -0.15) is 0 Å². The van der Waals surface area contributed by atoms with E-state index in [-0.39, 0.29) is 23.4 Å². The molecule has 3 aromatic carbocycles. The smallest absolute Gasteiger partial charge is 0.264 e. The van der Waals surface area contributed by atoms with Gasteiger partial charge < -0.3 is 10.2 Å². The molecule has 4 rings (SSSR count). The number of nitrogens with one attached hydrogen (secondary N) is 1. The number of carbonyl (C=O) groups excluding carboxylic acids is 2. The number of hydrogen-bond donors (Lipinski definition) is 1. The van der Waals surface area contributed by atoms with Crippen LogP contribution in [0.2, 0.25) is 5.02 Å². The van der Waals surface area contributed by atoms with Crippen molar-refractivity contribution in [1.29, 1.82) is 0 Å². The first-order chi connectivity index (χ1) is 19.2. The van der Waals surface area contributed by atoms with Gasteiger partial charge in [-0.15, -0.1) is 0 Å². The van der Waals surface area contributed by atoms with Gasteiger partial charge in [0.05, 0.1) is 10.6 Å². The van der Waals surface area contributed by atoms with Crippen molar-refractivity contribution in [3.05, 3.63) is 93.0 Å². The summed E-state index contributed by atoms with van der Waals surface area (Å²) in [5.74, 6) is -0.729. The second kappa shape index (κ2) is 13.8. The molecule has 1 fully saturated rings. The van der Waals surface area contributed by atoms with E-state index in [0.29, 0.717) is 22.7 Å². The lowest BCUT2D eigenvalue weighted by molar-refractivity contribution is -0.140. The monoisotopic (exact) mass is 693 g/mol. The molecule has 1 aliphatic carbocycles. The largest absolute Gasteiger partial charge is 0.352 e. The summed E-state index contributed by atoms with van der Waals surface area (Å²) in [6.45, 7) is 1.44. The number of sulfonamides is 1. The minimum absolute atomic E-state index is 0.0704. The van der Waals surface area contributed by atoms with Crippen molar-refractivity contribution in [2.45, 2.75) is 62.6 Å². The molecule has 1 saturated carbocycles. The van der Waals surface area contributed by atoms with Gasteiger partial charge in [0.2, 0.25) is 11.8 Å². The van der Waals surface area contributed by atoms with E-state index in [1.165, 1.54) is 17.0 Å². The fraction of sp³-hybridized carbons (Fsp3) is 0.333. The van der Waals surface area contributed by atoms with Crippen LogP contribution in [-0.2, 0) is 26.2 Å². The lowest BCUT2D eigenvalue weighted by atomic mass is 10.1. The molecule has 0 saturated heterocycles. The molecular formula is C30H33ClIN3O4S. The van der Waals surface area contributed by atoms with Crippen molar-refractivity contribution in [2.24, 2.45) is 0 Å². The van der Waals surface area contributed by atoms with Crippen LogP contribution >= 0.6 is 34.2 Å². The Morgan fingerprint density at radius 3 is 2.23 bits per heavy atom. The Morgan fingerprint density at radius 2 is 1.60 bits per heavy atom. The molecular weight excluding hydrogens is 661 g/mol. The fourth-order valence-corrected chi connectivity index (χ4v) is 6.94. The zero-order valence-corrected chi connectivity index (χ0v) is 26.0. The molecule has 3 aromatic rings. The van der Waals surface area contributed by atoms with Gasteiger partial charge in [0.15, 0.2) is 0 Å². The Labute approximate surface area is 255 Å². The van der Waals surface area contributed by atoms with Gasteiger partial charge in [-0.25, -0.2) is 8.42 Å². The van der Waals surface area contributed by atoms with E-state index >= 15 is 0 Å². The summed E-state index contributed by atoms with van der Waals surface area (Å²) >= 11 is 8.61. The Hall–Kier alpha value is -2.63. The number of hydrogen-bond acceptors (Lipinski definition) is 4. The van der Waals surface area contributed by atoms with Gasteiger partial charge in [-0.1, -0.05) is 67.8 Å². The van der Waals surface area contributed by atoms with Gasteiger partial charge >= 0.3 is 0 Å². The van der Waals surface area contributed by atoms with Crippen LogP contribution < -0.4 is 9.62 Å². The number of nitrogens with zero attached hydrogens (tertiary/aromatic N) is 2. The van der Waals surface area contributed by atoms with Gasteiger partial charge in [-0.3, -0.25) is 13.9 Å². The molecule has 0 bridgehead atoms. The predicted molar refractivity (Wildman–Crippen MR) is 167 cm³/mol. The van der Waals surface area contributed by atoms with E-state index in [1.54, 1.807) is 54.6 Å². The Morgan fingerprint density at radius 1 is 0.975 bits per heavy atom. The molecule has 0 heterocycles. The van der Waals surface area contributed by atoms with E-state index < -0.39 is 28.5 Å². The second-order valence-electron chi connectivity index (χ2n) is 9.83. The first kappa shape index (κ1) is 30.3. The number of amides is 2. The maximum absolute atomic E-state index is 14.1.